The van der Waals surface area contributed by atoms with Crippen molar-refractivity contribution in [2.45, 2.75) is 43.1 Å². The predicted molar refractivity (Wildman–Crippen MR) is 77.2 cm³/mol. The van der Waals surface area contributed by atoms with Gasteiger partial charge in [-0.3, -0.25) is 0 Å². The van der Waals surface area contributed by atoms with Gasteiger partial charge in [-0.2, -0.15) is 4.98 Å². The summed E-state index contributed by atoms with van der Waals surface area (Å²) in [5.74, 6) is 0.733. The van der Waals surface area contributed by atoms with Crippen molar-refractivity contribution in [2.24, 2.45) is 0 Å². The van der Waals surface area contributed by atoms with E-state index in [4.69, 9.17) is 4.52 Å². The van der Waals surface area contributed by atoms with Gasteiger partial charge in [0, 0.05) is 12.6 Å². The molecule has 1 aliphatic carbocycles. The molecule has 0 atom stereocenters. The minimum atomic E-state index is -3.54. The normalized spacial score (nSPS) is 15.5. The predicted octanol–water partition coefficient (Wildman–Crippen LogP) is 1.17. The Bertz CT molecular complexity index is 718. The SMILES string of the molecule is Cc1noc(CNS(=O)(=O)c2cc(CNC3CC3)cs2)n1. The van der Waals surface area contributed by atoms with Crippen molar-refractivity contribution in [1.82, 2.24) is 20.2 Å². The molecule has 1 saturated carbocycles. The number of sulfonamides is 1. The number of hydrogen-bond acceptors (Lipinski definition) is 7. The fourth-order valence-electron chi connectivity index (χ4n) is 1.78. The number of rotatable bonds is 7. The lowest BCUT2D eigenvalue weighted by atomic mass is 10.3. The molecule has 0 radical (unpaired) electrons. The van der Waals surface area contributed by atoms with Crippen LogP contribution < -0.4 is 10.0 Å². The Balaban J connectivity index is 1.60. The summed E-state index contributed by atoms with van der Waals surface area (Å²) in [6.45, 7) is 2.39. The minimum Gasteiger partial charge on any atom is -0.338 e. The van der Waals surface area contributed by atoms with Gasteiger partial charge in [0.15, 0.2) is 5.82 Å². The Morgan fingerprint density at radius 2 is 2.24 bits per heavy atom. The second-order valence-electron chi connectivity index (χ2n) is 4.99. The second-order valence-corrected chi connectivity index (χ2v) is 7.89. The highest BCUT2D eigenvalue weighted by Gasteiger charge is 2.21. The van der Waals surface area contributed by atoms with Crippen molar-refractivity contribution >= 4 is 21.4 Å². The Labute approximate surface area is 126 Å². The maximum absolute atomic E-state index is 12.2. The number of nitrogens with zero attached hydrogens (tertiary/aromatic N) is 2. The maximum Gasteiger partial charge on any atom is 0.250 e. The van der Waals surface area contributed by atoms with Crippen LogP contribution in [0.3, 0.4) is 0 Å². The van der Waals surface area contributed by atoms with Crippen molar-refractivity contribution in [3.8, 4) is 0 Å². The van der Waals surface area contributed by atoms with Crippen LogP contribution in [0.15, 0.2) is 20.2 Å². The molecule has 2 aromatic rings. The highest BCUT2D eigenvalue weighted by atomic mass is 32.2. The van der Waals surface area contributed by atoms with Gasteiger partial charge in [-0.1, -0.05) is 5.16 Å². The lowest BCUT2D eigenvalue weighted by Crippen LogP contribution is -2.22. The molecule has 0 aromatic carbocycles. The van der Waals surface area contributed by atoms with E-state index in [0.717, 1.165) is 5.56 Å². The van der Waals surface area contributed by atoms with Crippen molar-refractivity contribution in [2.75, 3.05) is 0 Å². The number of nitrogens with one attached hydrogen (secondary N) is 2. The van der Waals surface area contributed by atoms with E-state index in [1.165, 1.54) is 24.2 Å². The third-order valence-electron chi connectivity index (χ3n) is 3.05. The van der Waals surface area contributed by atoms with E-state index in [1.807, 2.05) is 5.38 Å². The van der Waals surface area contributed by atoms with Crippen LogP contribution in [0.25, 0.3) is 0 Å². The van der Waals surface area contributed by atoms with Crippen LogP contribution in [0.2, 0.25) is 0 Å². The highest BCUT2D eigenvalue weighted by molar-refractivity contribution is 7.91. The topological polar surface area (TPSA) is 97.1 Å². The third-order valence-corrected chi connectivity index (χ3v) is 5.94. The van der Waals surface area contributed by atoms with Crippen LogP contribution in [0.5, 0.6) is 0 Å². The van der Waals surface area contributed by atoms with Gasteiger partial charge in [0.25, 0.3) is 10.0 Å². The van der Waals surface area contributed by atoms with Gasteiger partial charge < -0.3 is 9.84 Å². The largest absolute Gasteiger partial charge is 0.338 e. The summed E-state index contributed by atoms with van der Waals surface area (Å²) in [6, 6.07) is 2.30. The molecule has 114 valence electrons. The van der Waals surface area contributed by atoms with Gasteiger partial charge in [-0.05, 0) is 36.8 Å². The summed E-state index contributed by atoms with van der Waals surface area (Å²) < 4.78 is 32.0. The summed E-state index contributed by atoms with van der Waals surface area (Å²) in [7, 11) is -3.54. The minimum absolute atomic E-state index is 0.00324. The zero-order valence-corrected chi connectivity index (χ0v) is 13.1. The fraction of sp³-hybridized carbons (Fsp3) is 0.500. The summed E-state index contributed by atoms with van der Waals surface area (Å²) in [5, 5.41) is 8.83. The van der Waals surface area contributed by atoms with Crippen LogP contribution in [0, 0.1) is 6.92 Å². The average molecular weight is 328 g/mol. The Kier molecular flexibility index (Phi) is 4.07. The molecule has 0 amide bonds. The first-order valence-corrected chi connectivity index (χ1v) is 8.99. The first kappa shape index (κ1) is 14.6. The van der Waals surface area contributed by atoms with E-state index >= 15 is 0 Å². The van der Waals surface area contributed by atoms with Crippen LogP contribution in [0.4, 0.5) is 0 Å². The van der Waals surface area contributed by atoms with Gasteiger partial charge in [-0.25, -0.2) is 13.1 Å². The highest BCUT2D eigenvalue weighted by Crippen LogP contribution is 2.23. The molecule has 2 heterocycles. The average Bonchev–Trinajstić information content (AvgIpc) is 2.97. The van der Waals surface area contributed by atoms with Crippen molar-refractivity contribution in [3.63, 3.8) is 0 Å². The summed E-state index contributed by atoms with van der Waals surface area (Å²) >= 11 is 1.21. The van der Waals surface area contributed by atoms with Gasteiger partial charge in [-0.15, -0.1) is 11.3 Å². The molecule has 2 aromatic heterocycles. The fourth-order valence-corrected chi connectivity index (χ4v) is 4.00. The van der Waals surface area contributed by atoms with Gasteiger partial charge in [0.2, 0.25) is 5.89 Å². The monoisotopic (exact) mass is 328 g/mol. The smallest absolute Gasteiger partial charge is 0.250 e. The maximum atomic E-state index is 12.2. The molecule has 0 saturated heterocycles. The van der Waals surface area contributed by atoms with E-state index in [9.17, 15) is 8.42 Å². The van der Waals surface area contributed by atoms with Gasteiger partial charge in [0.05, 0.1) is 6.54 Å². The first-order chi connectivity index (χ1) is 10.0. The van der Waals surface area contributed by atoms with E-state index < -0.39 is 10.0 Å². The molecule has 0 unspecified atom stereocenters. The van der Waals surface area contributed by atoms with E-state index in [0.29, 0.717) is 22.6 Å². The van der Waals surface area contributed by atoms with E-state index in [2.05, 4.69) is 20.2 Å². The Morgan fingerprint density at radius 3 is 2.90 bits per heavy atom. The Morgan fingerprint density at radius 1 is 1.43 bits per heavy atom. The number of thiophene rings is 1. The number of aromatic nitrogens is 2. The quantitative estimate of drug-likeness (QED) is 0.792. The summed E-state index contributed by atoms with van der Waals surface area (Å²) in [4.78, 5) is 3.96. The van der Waals surface area contributed by atoms with Crippen molar-refractivity contribution in [1.29, 1.82) is 0 Å². The lowest BCUT2D eigenvalue weighted by molar-refractivity contribution is 0.372. The van der Waals surface area contributed by atoms with Gasteiger partial charge in [0.1, 0.15) is 4.21 Å². The molecule has 21 heavy (non-hydrogen) atoms. The summed E-state index contributed by atoms with van der Waals surface area (Å²) in [6.07, 6.45) is 2.42. The second kappa shape index (κ2) is 5.84. The van der Waals surface area contributed by atoms with Crippen LogP contribution in [0.1, 0.15) is 30.1 Å². The molecule has 1 fully saturated rings. The molecule has 7 nitrogen and oxygen atoms in total. The Hall–Kier alpha value is -1.29. The summed E-state index contributed by atoms with van der Waals surface area (Å²) in [5.41, 5.74) is 0.987. The zero-order chi connectivity index (χ0) is 14.9. The van der Waals surface area contributed by atoms with Crippen LogP contribution >= 0.6 is 11.3 Å². The van der Waals surface area contributed by atoms with Gasteiger partial charge >= 0.3 is 0 Å². The standard InChI is InChI=1S/C12H16N4O3S2/c1-8-15-11(19-16-8)6-14-21(17,18)12-4-9(7-20-12)5-13-10-2-3-10/h4,7,10,13-14H,2-3,5-6H2,1H3. The van der Waals surface area contributed by atoms with E-state index in [1.54, 1.807) is 13.0 Å². The number of aryl methyl sites for hydroxylation is 1. The van der Waals surface area contributed by atoms with E-state index in [-0.39, 0.29) is 12.4 Å². The molecular weight excluding hydrogens is 312 g/mol. The van der Waals surface area contributed by atoms with Crippen molar-refractivity contribution in [3.05, 3.63) is 28.7 Å². The molecule has 3 rings (SSSR count). The third kappa shape index (κ3) is 3.88. The molecular formula is C12H16N4O3S2. The molecule has 0 spiro atoms. The molecule has 0 bridgehead atoms. The van der Waals surface area contributed by atoms with Crippen LogP contribution in [-0.2, 0) is 23.1 Å². The van der Waals surface area contributed by atoms with Crippen molar-refractivity contribution < 1.29 is 12.9 Å². The van der Waals surface area contributed by atoms with Crippen LogP contribution in [-0.4, -0.2) is 24.6 Å². The first-order valence-electron chi connectivity index (χ1n) is 6.62. The molecule has 9 heteroatoms. The lowest BCUT2D eigenvalue weighted by Gasteiger charge is -2.01. The zero-order valence-electron chi connectivity index (χ0n) is 11.5. The number of hydrogen-bond donors (Lipinski definition) is 2. The molecule has 1 aliphatic rings. The molecule has 0 aliphatic heterocycles. The molecule has 2 N–H and O–H groups in total.